The Balaban J connectivity index is 2.18. The molecule has 1 saturated carbocycles. The Bertz CT molecular complexity index is 156. The second-order valence-corrected chi connectivity index (χ2v) is 4.73. The summed E-state index contributed by atoms with van der Waals surface area (Å²) in [5, 5.41) is 3.53. The normalized spacial score (nSPS) is 29.8. The van der Waals surface area contributed by atoms with Crippen molar-refractivity contribution in [2.75, 3.05) is 0 Å². The number of nitrogens with one attached hydrogen (secondary N) is 1. The molecule has 2 unspecified atom stereocenters. The molecule has 2 heteroatoms. The van der Waals surface area contributed by atoms with Gasteiger partial charge in [-0.1, -0.05) is 13.8 Å². The van der Waals surface area contributed by atoms with Gasteiger partial charge in [-0.15, -0.1) is 0 Å². The van der Waals surface area contributed by atoms with E-state index in [2.05, 4.69) is 39.9 Å². The molecule has 1 rings (SSSR count). The summed E-state index contributed by atoms with van der Waals surface area (Å²) in [5.74, 6) is 0.741. The first-order valence-electron chi connectivity index (χ1n) is 5.42. The van der Waals surface area contributed by atoms with Gasteiger partial charge in [-0.25, -0.2) is 0 Å². The van der Waals surface area contributed by atoms with Gasteiger partial charge in [-0.05, 0) is 27.2 Å². The summed E-state index contributed by atoms with van der Waals surface area (Å²) in [6, 6.07) is 1.18. The fraction of sp³-hybridized carbons (Fsp3) is 1.00. The van der Waals surface area contributed by atoms with Crippen LogP contribution in [0.2, 0.25) is 0 Å². The zero-order valence-electron chi connectivity index (χ0n) is 9.50. The van der Waals surface area contributed by atoms with Gasteiger partial charge in [0.25, 0.3) is 0 Å². The first kappa shape index (κ1) is 11.0. The van der Waals surface area contributed by atoms with Crippen molar-refractivity contribution in [1.82, 2.24) is 5.32 Å². The van der Waals surface area contributed by atoms with Crippen molar-refractivity contribution >= 4 is 0 Å². The van der Waals surface area contributed by atoms with Crippen molar-refractivity contribution in [2.24, 2.45) is 5.92 Å². The van der Waals surface area contributed by atoms with Crippen LogP contribution < -0.4 is 5.32 Å². The molecule has 1 aliphatic carbocycles. The van der Waals surface area contributed by atoms with E-state index in [1.54, 1.807) is 0 Å². The van der Waals surface area contributed by atoms with Gasteiger partial charge >= 0.3 is 0 Å². The zero-order valence-corrected chi connectivity index (χ0v) is 9.50. The van der Waals surface area contributed by atoms with Crippen molar-refractivity contribution < 1.29 is 4.74 Å². The second kappa shape index (κ2) is 4.43. The van der Waals surface area contributed by atoms with Crippen molar-refractivity contribution in [3.63, 3.8) is 0 Å². The van der Waals surface area contributed by atoms with E-state index in [1.165, 1.54) is 6.42 Å². The summed E-state index contributed by atoms with van der Waals surface area (Å²) in [5.41, 5.74) is 0. The number of hydrogen-bond donors (Lipinski definition) is 1. The van der Waals surface area contributed by atoms with Crippen LogP contribution in [-0.2, 0) is 4.74 Å². The van der Waals surface area contributed by atoms with E-state index >= 15 is 0 Å². The van der Waals surface area contributed by atoms with Crippen LogP contribution in [0.25, 0.3) is 0 Å². The molecule has 0 aromatic carbocycles. The highest BCUT2D eigenvalue weighted by Crippen LogP contribution is 2.37. The third-order valence-electron chi connectivity index (χ3n) is 2.46. The number of ether oxygens (including phenoxy) is 1. The standard InChI is InChI=1S/C11H23NO/c1-7(2)12-9(5)10-6-11(10)13-8(3)4/h7-12H,6H2,1-5H3/t9-,10?,11?/m1/s1. The summed E-state index contributed by atoms with van der Waals surface area (Å²) in [6.07, 6.45) is 2.13. The predicted molar refractivity (Wildman–Crippen MR) is 55.8 cm³/mol. The predicted octanol–water partition coefficient (Wildman–Crippen LogP) is 2.19. The lowest BCUT2D eigenvalue weighted by atomic mass is 10.2. The number of hydrogen-bond acceptors (Lipinski definition) is 2. The molecular weight excluding hydrogens is 162 g/mol. The van der Waals surface area contributed by atoms with Crippen molar-refractivity contribution in [2.45, 2.75) is 65.3 Å². The first-order valence-corrected chi connectivity index (χ1v) is 5.42. The Hall–Kier alpha value is -0.0800. The SMILES string of the molecule is CC(C)N[C@H](C)C1CC1OC(C)C. The van der Waals surface area contributed by atoms with Crippen molar-refractivity contribution in [3.05, 3.63) is 0 Å². The zero-order chi connectivity index (χ0) is 10.0. The Labute approximate surface area is 82.0 Å². The lowest BCUT2D eigenvalue weighted by Crippen LogP contribution is -2.35. The Morgan fingerprint density at radius 3 is 2.23 bits per heavy atom. The molecule has 0 aromatic rings. The molecule has 0 amide bonds. The minimum absolute atomic E-state index is 0.376. The Morgan fingerprint density at radius 1 is 1.15 bits per heavy atom. The van der Waals surface area contributed by atoms with Crippen molar-refractivity contribution in [1.29, 1.82) is 0 Å². The van der Waals surface area contributed by atoms with Crippen LogP contribution in [0.3, 0.4) is 0 Å². The highest BCUT2D eigenvalue weighted by Gasteiger charge is 2.42. The molecule has 0 aliphatic heterocycles. The highest BCUT2D eigenvalue weighted by molar-refractivity contribution is 4.95. The van der Waals surface area contributed by atoms with Crippen LogP contribution >= 0.6 is 0 Å². The van der Waals surface area contributed by atoms with Gasteiger partial charge in [-0.3, -0.25) is 0 Å². The molecule has 78 valence electrons. The third-order valence-corrected chi connectivity index (χ3v) is 2.46. The van der Waals surface area contributed by atoms with Gasteiger partial charge in [0.1, 0.15) is 0 Å². The minimum Gasteiger partial charge on any atom is -0.375 e. The molecule has 3 atom stereocenters. The van der Waals surface area contributed by atoms with E-state index in [4.69, 9.17) is 4.74 Å². The van der Waals surface area contributed by atoms with Crippen LogP contribution in [0, 0.1) is 5.92 Å². The summed E-state index contributed by atoms with van der Waals surface area (Å²) in [6.45, 7) is 10.9. The molecule has 0 heterocycles. The summed E-state index contributed by atoms with van der Waals surface area (Å²) < 4.78 is 5.74. The summed E-state index contributed by atoms with van der Waals surface area (Å²) in [7, 11) is 0. The van der Waals surface area contributed by atoms with Crippen LogP contribution in [0.5, 0.6) is 0 Å². The largest absolute Gasteiger partial charge is 0.375 e. The fourth-order valence-corrected chi connectivity index (χ4v) is 1.87. The average Bonchev–Trinajstić information content (AvgIpc) is 2.64. The maximum Gasteiger partial charge on any atom is 0.0626 e. The van der Waals surface area contributed by atoms with Gasteiger partial charge in [0.05, 0.1) is 12.2 Å². The van der Waals surface area contributed by atoms with Crippen LogP contribution in [0.1, 0.15) is 41.0 Å². The molecule has 0 spiro atoms. The van der Waals surface area contributed by atoms with Gasteiger partial charge in [0.2, 0.25) is 0 Å². The molecule has 0 aromatic heterocycles. The lowest BCUT2D eigenvalue weighted by molar-refractivity contribution is 0.0528. The van der Waals surface area contributed by atoms with Crippen LogP contribution in [0.15, 0.2) is 0 Å². The Kier molecular flexibility index (Phi) is 3.74. The lowest BCUT2D eigenvalue weighted by Gasteiger charge is -2.17. The summed E-state index contributed by atoms with van der Waals surface area (Å²) >= 11 is 0. The van der Waals surface area contributed by atoms with E-state index in [9.17, 15) is 0 Å². The van der Waals surface area contributed by atoms with Crippen LogP contribution in [-0.4, -0.2) is 24.3 Å². The average molecular weight is 185 g/mol. The van der Waals surface area contributed by atoms with E-state index in [1.807, 2.05) is 0 Å². The fourth-order valence-electron chi connectivity index (χ4n) is 1.87. The van der Waals surface area contributed by atoms with Gasteiger partial charge in [0, 0.05) is 18.0 Å². The molecule has 0 radical (unpaired) electrons. The summed E-state index contributed by atoms with van der Waals surface area (Å²) in [4.78, 5) is 0. The van der Waals surface area contributed by atoms with Gasteiger partial charge in [-0.2, -0.15) is 0 Å². The molecule has 1 aliphatic rings. The molecule has 1 N–H and O–H groups in total. The smallest absolute Gasteiger partial charge is 0.0626 e. The maximum absolute atomic E-state index is 5.74. The van der Waals surface area contributed by atoms with E-state index in [0.29, 0.717) is 24.3 Å². The quantitative estimate of drug-likeness (QED) is 0.709. The maximum atomic E-state index is 5.74. The van der Waals surface area contributed by atoms with E-state index < -0.39 is 0 Å². The van der Waals surface area contributed by atoms with E-state index in [-0.39, 0.29) is 0 Å². The van der Waals surface area contributed by atoms with Crippen molar-refractivity contribution in [3.8, 4) is 0 Å². The minimum atomic E-state index is 0.376. The van der Waals surface area contributed by atoms with Crippen LogP contribution in [0.4, 0.5) is 0 Å². The Morgan fingerprint density at radius 2 is 1.77 bits per heavy atom. The van der Waals surface area contributed by atoms with Gasteiger partial charge < -0.3 is 10.1 Å². The monoisotopic (exact) mass is 185 g/mol. The number of rotatable bonds is 5. The molecule has 1 fully saturated rings. The molecular formula is C11H23NO. The first-order chi connectivity index (χ1) is 6.00. The topological polar surface area (TPSA) is 21.3 Å². The molecule has 2 nitrogen and oxygen atoms in total. The third kappa shape index (κ3) is 3.65. The molecule has 13 heavy (non-hydrogen) atoms. The highest BCUT2D eigenvalue weighted by atomic mass is 16.5. The van der Waals surface area contributed by atoms with E-state index in [0.717, 1.165) is 5.92 Å². The molecule has 0 saturated heterocycles. The van der Waals surface area contributed by atoms with Gasteiger partial charge in [0.15, 0.2) is 0 Å². The second-order valence-electron chi connectivity index (χ2n) is 4.73. The molecule has 0 bridgehead atoms.